The summed E-state index contributed by atoms with van der Waals surface area (Å²) in [6.45, 7) is 3.08. The van der Waals surface area contributed by atoms with Crippen molar-refractivity contribution in [3.8, 4) is 22.1 Å². The van der Waals surface area contributed by atoms with Gasteiger partial charge in [0, 0.05) is 17.3 Å². The molecule has 1 fully saturated rings. The first-order valence-electron chi connectivity index (χ1n) is 9.83. The monoisotopic (exact) mass is 444 g/mol. The molecule has 1 aliphatic heterocycles. The topological polar surface area (TPSA) is 76.6 Å². The molecule has 0 unspecified atom stereocenters. The van der Waals surface area contributed by atoms with Gasteiger partial charge in [0.1, 0.15) is 10.7 Å². The number of amides is 1. The average Bonchev–Trinajstić information content (AvgIpc) is 3.43. The molecule has 30 heavy (non-hydrogen) atoms. The van der Waals surface area contributed by atoms with Crippen molar-refractivity contribution in [3.05, 3.63) is 40.3 Å². The van der Waals surface area contributed by atoms with Gasteiger partial charge in [0.15, 0.2) is 16.6 Å². The molecule has 1 aromatic carbocycles. The van der Waals surface area contributed by atoms with Gasteiger partial charge in [0.05, 0.1) is 25.5 Å². The maximum absolute atomic E-state index is 12.7. The normalized spacial score (nSPS) is 14.5. The Kier molecular flexibility index (Phi) is 6.61. The van der Waals surface area contributed by atoms with Crippen LogP contribution in [0.5, 0.6) is 11.5 Å². The number of carbonyl (C=O) groups excluding carboxylic acids is 1. The van der Waals surface area contributed by atoms with Gasteiger partial charge in [-0.25, -0.2) is 9.97 Å². The summed E-state index contributed by atoms with van der Waals surface area (Å²) in [5.74, 6) is 0.960. The third-order valence-electron chi connectivity index (χ3n) is 4.98. The molecule has 0 atom stereocenters. The Hall–Kier alpha value is -2.49. The number of carbonyl (C=O) groups is 1. The van der Waals surface area contributed by atoms with Crippen LogP contribution in [0, 0.1) is 0 Å². The zero-order valence-corrected chi connectivity index (χ0v) is 18.6. The van der Waals surface area contributed by atoms with Crippen molar-refractivity contribution in [2.45, 2.75) is 25.8 Å². The molecule has 3 aromatic rings. The number of aromatic nitrogens is 2. The van der Waals surface area contributed by atoms with Crippen molar-refractivity contribution >= 4 is 33.7 Å². The molecule has 0 saturated carbocycles. The Balaban J connectivity index is 1.44. The highest BCUT2D eigenvalue weighted by Crippen LogP contribution is 2.39. The molecule has 1 amide bonds. The van der Waals surface area contributed by atoms with Gasteiger partial charge >= 0.3 is 0 Å². The molecule has 1 N–H and O–H groups in total. The van der Waals surface area contributed by atoms with Crippen molar-refractivity contribution in [2.75, 3.05) is 32.6 Å². The fourth-order valence-electron chi connectivity index (χ4n) is 3.50. The number of likely N-dealkylation sites (tertiary alicyclic amines) is 1. The van der Waals surface area contributed by atoms with E-state index >= 15 is 0 Å². The molecule has 9 heteroatoms. The summed E-state index contributed by atoms with van der Waals surface area (Å²) in [7, 11) is 3.18. The summed E-state index contributed by atoms with van der Waals surface area (Å²) >= 11 is 2.83. The van der Waals surface area contributed by atoms with Crippen LogP contribution in [0.25, 0.3) is 10.6 Å². The van der Waals surface area contributed by atoms with Crippen LogP contribution < -0.4 is 14.8 Å². The second kappa shape index (κ2) is 9.55. The lowest BCUT2D eigenvalue weighted by molar-refractivity contribution is 0.102. The highest BCUT2D eigenvalue weighted by atomic mass is 32.1. The van der Waals surface area contributed by atoms with Gasteiger partial charge in [-0.1, -0.05) is 12.5 Å². The molecule has 0 spiro atoms. The lowest BCUT2D eigenvalue weighted by Gasteiger charge is -2.25. The van der Waals surface area contributed by atoms with E-state index < -0.39 is 0 Å². The summed E-state index contributed by atoms with van der Waals surface area (Å²) in [6, 6.07) is 5.60. The van der Waals surface area contributed by atoms with E-state index in [4.69, 9.17) is 9.47 Å². The fraction of sp³-hybridized carbons (Fsp3) is 0.381. The van der Waals surface area contributed by atoms with Crippen LogP contribution in [0.15, 0.2) is 29.0 Å². The Morgan fingerprint density at radius 1 is 1.10 bits per heavy atom. The lowest BCUT2D eigenvalue weighted by Crippen LogP contribution is -2.29. The molecule has 1 aliphatic rings. The third-order valence-corrected chi connectivity index (χ3v) is 6.66. The molecule has 2 aromatic heterocycles. The van der Waals surface area contributed by atoms with Crippen LogP contribution in [0.3, 0.4) is 0 Å². The van der Waals surface area contributed by atoms with Gasteiger partial charge in [-0.3, -0.25) is 15.0 Å². The van der Waals surface area contributed by atoms with Crippen molar-refractivity contribution in [1.29, 1.82) is 0 Å². The molecule has 158 valence electrons. The molecular formula is C21H24N4O3S2. The van der Waals surface area contributed by atoms with Crippen LogP contribution in [-0.2, 0) is 6.54 Å². The predicted molar refractivity (Wildman–Crippen MR) is 120 cm³/mol. The average molecular weight is 445 g/mol. The zero-order chi connectivity index (χ0) is 20.9. The molecule has 0 bridgehead atoms. The van der Waals surface area contributed by atoms with E-state index in [9.17, 15) is 4.79 Å². The maximum Gasteiger partial charge on any atom is 0.276 e. The minimum atomic E-state index is -0.266. The smallest absolute Gasteiger partial charge is 0.276 e. The number of para-hydroxylation sites is 1. The second-order valence-corrected chi connectivity index (χ2v) is 8.73. The van der Waals surface area contributed by atoms with E-state index in [0.29, 0.717) is 27.3 Å². The first-order chi connectivity index (χ1) is 14.7. The summed E-state index contributed by atoms with van der Waals surface area (Å²) in [5.41, 5.74) is 2.14. The zero-order valence-electron chi connectivity index (χ0n) is 17.0. The molecule has 7 nitrogen and oxygen atoms in total. The Bertz CT molecular complexity index is 1010. The summed E-state index contributed by atoms with van der Waals surface area (Å²) in [6.07, 6.45) is 3.81. The van der Waals surface area contributed by atoms with Crippen LogP contribution in [-0.4, -0.2) is 48.1 Å². The second-order valence-electron chi connectivity index (χ2n) is 7.01. The predicted octanol–water partition coefficient (Wildman–Crippen LogP) is 4.52. The van der Waals surface area contributed by atoms with Crippen LogP contribution in [0.1, 0.15) is 35.4 Å². The Labute approximate surface area is 183 Å². The Morgan fingerprint density at radius 2 is 1.93 bits per heavy atom. The first-order valence-corrected chi connectivity index (χ1v) is 11.6. The van der Waals surface area contributed by atoms with E-state index in [-0.39, 0.29) is 5.91 Å². The van der Waals surface area contributed by atoms with Crippen molar-refractivity contribution in [1.82, 2.24) is 14.9 Å². The number of hydrogen-bond acceptors (Lipinski definition) is 8. The van der Waals surface area contributed by atoms with Gasteiger partial charge < -0.3 is 9.47 Å². The molecule has 0 radical (unpaired) electrons. The minimum Gasteiger partial charge on any atom is -0.493 e. The van der Waals surface area contributed by atoms with E-state index in [1.165, 1.54) is 41.9 Å². The number of thiazole rings is 2. The largest absolute Gasteiger partial charge is 0.493 e. The number of methoxy groups -OCH3 is 2. The van der Waals surface area contributed by atoms with Gasteiger partial charge in [0.25, 0.3) is 5.91 Å². The van der Waals surface area contributed by atoms with Crippen molar-refractivity contribution < 1.29 is 14.3 Å². The number of nitrogens with zero attached hydrogens (tertiary/aromatic N) is 3. The van der Waals surface area contributed by atoms with Gasteiger partial charge in [-0.05, 0) is 38.1 Å². The molecule has 3 heterocycles. The SMILES string of the molecule is COc1cccc(-c2nc(C(=O)Nc3nc(CN4CCCCC4)cs3)cs2)c1OC. The summed E-state index contributed by atoms with van der Waals surface area (Å²) in [5, 5.41) is 7.92. The number of nitrogens with one attached hydrogen (secondary N) is 1. The van der Waals surface area contributed by atoms with Crippen LogP contribution in [0.2, 0.25) is 0 Å². The van der Waals surface area contributed by atoms with E-state index in [0.717, 1.165) is 30.9 Å². The van der Waals surface area contributed by atoms with E-state index in [1.807, 2.05) is 23.6 Å². The maximum atomic E-state index is 12.7. The van der Waals surface area contributed by atoms with Gasteiger partial charge in [0.2, 0.25) is 0 Å². The molecule has 1 saturated heterocycles. The summed E-state index contributed by atoms with van der Waals surface area (Å²) in [4.78, 5) is 24.2. The fourth-order valence-corrected chi connectivity index (χ4v) is 5.02. The summed E-state index contributed by atoms with van der Waals surface area (Å²) < 4.78 is 10.8. The highest BCUT2D eigenvalue weighted by Gasteiger charge is 2.18. The quantitative estimate of drug-likeness (QED) is 0.577. The Morgan fingerprint density at radius 3 is 2.70 bits per heavy atom. The standard InChI is InChI=1S/C21H24N4O3S2/c1-27-17-8-6-7-15(18(17)28-2)20-23-16(13-29-20)19(26)24-21-22-14(12-30-21)11-25-9-4-3-5-10-25/h6-8,12-13H,3-5,9-11H2,1-2H3,(H,22,24,26). The first kappa shape index (κ1) is 20.8. The number of benzene rings is 1. The third kappa shape index (κ3) is 4.63. The minimum absolute atomic E-state index is 0.266. The number of rotatable bonds is 7. The lowest BCUT2D eigenvalue weighted by atomic mass is 10.1. The van der Waals surface area contributed by atoms with Crippen molar-refractivity contribution in [3.63, 3.8) is 0 Å². The van der Waals surface area contributed by atoms with Crippen molar-refractivity contribution in [2.24, 2.45) is 0 Å². The van der Waals surface area contributed by atoms with E-state index in [2.05, 4.69) is 20.2 Å². The van der Waals surface area contributed by atoms with Crippen LogP contribution in [0.4, 0.5) is 5.13 Å². The number of ether oxygens (including phenoxy) is 2. The van der Waals surface area contributed by atoms with Crippen LogP contribution >= 0.6 is 22.7 Å². The molecular weight excluding hydrogens is 420 g/mol. The number of hydrogen-bond donors (Lipinski definition) is 1. The molecule has 0 aliphatic carbocycles. The number of piperidine rings is 1. The molecule has 4 rings (SSSR count). The van der Waals surface area contributed by atoms with Gasteiger partial charge in [-0.15, -0.1) is 22.7 Å². The number of anilines is 1. The van der Waals surface area contributed by atoms with E-state index in [1.54, 1.807) is 19.6 Å². The van der Waals surface area contributed by atoms with Gasteiger partial charge in [-0.2, -0.15) is 0 Å². The highest BCUT2D eigenvalue weighted by molar-refractivity contribution is 7.14.